The number of hydrogen-bond donors (Lipinski definition) is 2. The second kappa shape index (κ2) is 7.11. The lowest BCUT2D eigenvalue weighted by Gasteiger charge is -2.43. The molecule has 130 valence electrons. The van der Waals surface area contributed by atoms with Crippen LogP contribution in [0.2, 0.25) is 0 Å². The molecule has 1 saturated carbocycles. The van der Waals surface area contributed by atoms with Crippen molar-refractivity contribution in [2.24, 2.45) is 0 Å². The van der Waals surface area contributed by atoms with E-state index in [2.05, 4.69) is 16.7 Å². The second-order valence-electron chi connectivity index (χ2n) is 6.88. The quantitative estimate of drug-likeness (QED) is 0.887. The third-order valence-corrected chi connectivity index (χ3v) is 4.92. The van der Waals surface area contributed by atoms with E-state index in [-0.39, 0.29) is 30.6 Å². The number of urea groups is 1. The van der Waals surface area contributed by atoms with Crippen molar-refractivity contribution in [3.05, 3.63) is 29.8 Å². The first kappa shape index (κ1) is 16.6. The first-order valence-corrected chi connectivity index (χ1v) is 8.64. The summed E-state index contributed by atoms with van der Waals surface area (Å²) in [4.78, 5) is 28.3. The molecule has 1 aliphatic heterocycles. The molecule has 6 heteroatoms. The molecule has 1 heterocycles. The molecule has 0 aromatic heterocycles. The van der Waals surface area contributed by atoms with Crippen LogP contribution in [0.4, 0.5) is 10.5 Å². The molecule has 2 N–H and O–H groups in total. The van der Waals surface area contributed by atoms with E-state index in [1.807, 2.05) is 37.2 Å². The number of hydrogen-bond acceptors (Lipinski definition) is 3. The van der Waals surface area contributed by atoms with Gasteiger partial charge in [-0.05, 0) is 30.5 Å². The van der Waals surface area contributed by atoms with Crippen LogP contribution in [-0.4, -0.2) is 49.6 Å². The van der Waals surface area contributed by atoms with Gasteiger partial charge in [0, 0.05) is 32.4 Å². The molecule has 2 unspecified atom stereocenters. The first-order valence-electron chi connectivity index (χ1n) is 8.64. The Morgan fingerprint density at radius 3 is 2.92 bits per heavy atom. The summed E-state index contributed by atoms with van der Waals surface area (Å²) in [6, 6.07) is 8.19. The van der Waals surface area contributed by atoms with Gasteiger partial charge in [0.05, 0.1) is 6.04 Å². The van der Waals surface area contributed by atoms with Crippen LogP contribution in [0.1, 0.15) is 31.2 Å². The topological polar surface area (TPSA) is 64.7 Å². The fourth-order valence-electron chi connectivity index (χ4n) is 3.62. The molecule has 1 aromatic rings. The van der Waals surface area contributed by atoms with Gasteiger partial charge in [0.25, 0.3) is 0 Å². The van der Waals surface area contributed by atoms with E-state index in [1.165, 1.54) is 0 Å². The Kier molecular flexibility index (Phi) is 4.92. The lowest BCUT2D eigenvalue weighted by Crippen LogP contribution is -2.64. The Morgan fingerprint density at radius 1 is 1.33 bits per heavy atom. The zero-order chi connectivity index (χ0) is 17.1. The molecule has 24 heavy (non-hydrogen) atoms. The van der Waals surface area contributed by atoms with Crippen LogP contribution in [0.3, 0.4) is 0 Å². The van der Waals surface area contributed by atoms with Crippen LogP contribution in [0.5, 0.6) is 0 Å². The normalized spacial score (nSPS) is 23.2. The van der Waals surface area contributed by atoms with Crippen LogP contribution < -0.4 is 15.5 Å². The maximum Gasteiger partial charge on any atom is 0.318 e. The van der Waals surface area contributed by atoms with Crippen molar-refractivity contribution in [1.29, 1.82) is 0 Å². The molecule has 0 radical (unpaired) electrons. The zero-order valence-electron chi connectivity index (χ0n) is 14.4. The largest absolute Gasteiger partial charge is 0.378 e. The van der Waals surface area contributed by atoms with E-state index in [9.17, 15) is 9.59 Å². The third kappa shape index (κ3) is 3.63. The van der Waals surface area contributed by atoms with Gasteiger partial charge in [0.15, 0.2) is 0 Å². The number of carbonyl (C=O) groups excluding carboxylic acids is 2. The highest BCUT2D eigenvalue weighted by Gasteiger charge is 2.38. The van der Waals surface area contributed by atoms with Crippen molar-refractivity contribution < 1.29 is 9.59 Å². The number of nitrogens with zero attached hydrogens (tertiary/aromatic N) is 2. The maximum atomic E-state index is 12.6. The molecule has 1 aromatic carbocycles. The standard InChI is InChI=1S/C18H26N4O2/c1-21(2)14-7-5-6-13(10-14)11-19-18(24)22-12-17(23)20-15-8-3-4-9-16(15)22/h5-7,10,15-16H,3-4,8-9,11-12H2,1-2H3,(H,19,24)(H,20,23). The summed E-state index contributed by atoms with van der Waals surface area (Å²) in [6.07, 6.45) is 4.17. The van der Waals surface area contributed by atoms with Crippen molar-refractivity contribution in [1.82, 2.24) is 15.5 Å². The van der Waals surface area contributed by atoms with E-state index >= 15 is 0 Å². The summed E-state index contributed by atoms with van der Waals surface area (Å²) in [5.74, 6) is -0.0529. The van der Waals surface area contributed by atoms with Crippen LogP contribution in [-0.2, 0) is 11.3 Å². The van der Waals surface area contributed by atoms with Crippen molar-refractivity contribution in [2.45, 2.75) is 44.3 Å². The van der Waals surface area contributed by atoms with E-state index in [1.54, 1.807) is 4.90 Å². The maximum absolute atomic E-state index is 12.6. The monoisotopic (exact) mass is 330 g/mol. The average Bonchev–Trinajstić information content (AvgIpc) is 2.59. The van der Waals surface area contributed by atoms with Crippen molar-refractivity contribution in [3.8, 4) is 0 Å². The van der Waals surface area contributed by atoms with E-state index in [0.717, 1.165) is 36.9 Å². The summed E-state index contributed by atoms with van der Waals surface area (Å²) in [7, 11) is 3.99. The predicted molar refractivity (Wildman–Crippen MR) is 93.9 cm³/mol. The van der Waals surface area contributed by atoms with Crippen LogP contribution in [0.25, 0.3) is 0 Å². The fraction of sp³-hybridized carbons (Fsp3) is 0.556. The number of carbonyl (C=O) groups is 2. The van der Waals surface area contributed by atoms with Gasteiger partial charge < -0.3 is 20.4 Å². The van der Waals surface area contributed by atoms with Crippen LogP contribution in [0.15, 0.2) is 24.3 Å². The molecule has 0 bridgehead atoms. The lowest BCUT2D eigenvalue weighted by atomic mass is 9.87. The molecule has 2 fully saturated rings. The Labute approximate surface area is 143 Å². The fourth-order valence-corrected chi connectivity index (χ4v) is 3.62. The van der Waals surface area contributed by atoms with Crippen molar-refractivity contribution in [3.63, 3.8) is 0 Å². The Hall–Kier alpha value is -2.24. The number of piperazine rings is 1. The number of nitrogens with one attached hydrogen (secondary N) is 2. The minimum Gasteiger partial charge on any atom is -0.378 e. The molecule has 3 rings (SSSR count). The SMILES string of the molecule is CN(C)c1cccc(CNC(=O)N2CC(=O)NC3CCCCC32)c1. The lowest BCUT2D eigenvalue weighted by molar-refractivity contribution is -0.126. The van der Waals surface area contributed by atoms with Gasteiger partial charge in [0.2, 0.25) is 5.91 Å². The smallest absolute Gasteiger partial charge is 0.318 e. The molecule has 6 nitrogen and oxygen atoms in total. The third-order valence-electron chi connectivity index (χ3n) is 4.92. The molecule has 1 saturated heterocycles. The highest BCUT2D eigenvalue weighted by atomic mass is 16.2. The second-order valence-corrected chi connectivity index (χ2v) is 6.88. The number of fused-ring (bicyclic) bond motifs is 1. The Balaban J connectivity index is 1.63. The van der Waals surface area contributed by atoms with Gasteiger partial charge in [-0.3, -0.25) is 4.79 Å². The molecular weight excluding hydrogens is 304 g/mol. The zero-order valence-corrected chi connectivity index (χ0v) is 14.4. The minimum atomic E-state index is -0.142. The molecular formula is C18H26N4O2. The van der Waals surface area contributed by atoms with Gasteiger partial charge in [-0.1, -0.05) is 25.0 Å². The number of rotatable bonds is 3. The van der Waals surface area contributed by atoms with Crippen LogP contribution in [0, 0.1) is 0 Å². The van der Waals surface area contributed by atoms with Gasteiger partial charge in [-0.25, -0.2) is 4.79 Å². The molecule has 1 aliphatic carbocycles. The highest BCUT2D eigenvalue weighted by molar-refractivity contribution is 5.86. The Bertz CT molecular complexity index is 617. The highest BCUT2D eigenvalue weighted by Crippen LogP contribution is 2.25. The molecule has 3 amide bonds. The van der Waals surface area contributed by atoms with Gasteiger partial charge in [-0.2, -0.15) is 0 Å². The van der Waals surface area contributed by atoms with Gasteiger partial charge in [0.1, 0.15) is 6.54 Å². The van der Waals surface area contributed by atoms with Crippen LogP contribution >= 0.6 is 0 Å². The number of anilines is 1. The molecule has 2 atom stereocenters. The summed E-state index contributed by atoms with van der Waals surface area (Å²) in [5.41, 5.74) is 2.16. The molecule has 2 aliphatic rings. The molecule has 0 spiro atoms. The predicted octanol–water partition coefficient (Wildman–Crippen LogP) is 1.71. The number of amides is 3. The van der Waals surface area contributed by atoms with Gasteiger partial charge in [-0.15, -0.1) is 0 Å². The summed E-state index contributed by atoms with van der Waals surface area (Å²) in [5, 5.41) is 6.01. The van der Waals surface area contributed by atoms with E-state index in [0.29, 0.717) is 6.54 Å². The van der Waals surface area contributed by atoms with E-state index in [4.69, 9.17) is 0 Å². The van der Waals surface area contributed by atoms with Crippen molar-refractivity contribution >= 4 is 17.6 Å². The minimum absolute atomic E-state index is 0.0529. The van der Waals surface area contributed by atoms with E-state index < -0.39 is 0 Å². The summed E-state index contributed by atoms with van der Waals surface area (Å²) < 4.78 is 0. The van der Waals surface area contributed by atoms with Gasteiger partial charge >= 0.3 is 6.03 Å². The first-order chi connectivity index (χ1) is 11.5. The van der Waals surface area contributed by atoms with Crippen molar-refractivity contribution in [2.75, 3.05) is 25.5 Å². The summed E-state index contributed by atoms with van der Waals surface area (Å²) in [6.45, 7) is 0.626. The summed E-state index contributed by atoms with van der Waals surface area (Å²) >= 11 is 0. The number of benzene rings is 1. The average molecular weight is 330 g/mol. The Morgan fingerprint density at radius 2 is 2.12 bits per heavy atom.